The van der Waals surface area contributed by atoms with Gasteiger partial charge in [-0.2, -0.15) is 5.10 Å². The maximum atomic E-state index is 13.0. The number of amides is 2. The number of nitrogens with two attached hydrogens (primary N) is 1. The van der Waals surface area contributed by atoms with Crippen LogP contribution in [-0.2, 0) is 18.3 Å². The van der Waals surface area contributed by atoms with E-state index in [2.05, 4.69) is 10.4 Å². The van der Waals surface area contributed by atoms with E-state index in [0.717, 1.165) is 40.0 Å². The lowest BCUT2D eigenvalue weighted by Gasteiger charge is -2.32. The van der Waals surface area contributed by atoms with Gasteiger partial charge in [0.05, 0.1) is 10.6 Å². The SMILES string of the molecule is Cc1nn(C)c2sc(C(=O)NC(C)C(=O)N3CCCc4c(N)cccc43)cc12. The van der Waals surface area contributed by atoms with Gasteiger partial charge in [0.1, 0.15) is 10.9 Å². The highest BCUT2D eigenvalue weighted by atomic mass is 32.1. The molecule has 3 heterocycles. The first-order chi connectivity index (χ1) is 13.4. The Morgan fingerprint density at radius 1 is 1.36 bits per heavy atom. The second kappa shape index (κ2) is 6.94. The van der Waals surface area contributed by atoms with Crippen LogP contribution in [0, 0.1) is 6.92 Å². The van der Waals surface area contributed by atoms with E-state index in [0.29, 0.717) is 17.1 Å². The third-order valence-electron chi connectivity index (χ3n) is 5.19. The van der Waals surface area contributed by atoms with E-state index in [9.17, 15) is 9.59 Å². The lowest BCUT2D eigenvalue weighted by molar-refractivity contribution is -0.120. The van der Waals surface area contributed by atoms with Crippen molar-refractivity contribution in [2.75, 3.05) is 17.2 Å². The third kappa shape index (κ3) is 3.03. The number of hydrogen-bond donors (Lipinski definition) is 2. The van der Waals surface area contributed by atoms with Crippen LogP contribution in [0.1, 0.15) is 34.3 Å². The second-order valence-electron chi connectivity index (χ2n) is 7.17. The molecule has 0 bridgehead atoms. The smallest absolute Gasteiger partial charge is 0.262 e. The van der Waals surface area contributed by atoms with Crippen LogP contribution in [0.25, 0.3) is 10.2 Å². The molecule has 3 aromatic rings. The fourth-order valence-corrected chi connectivity index (χ4v) is 4.79. The Hall–Kier alpha value is -2.87. The molecule has 1 unspecified atom stereocenters. The molecule has 0 radical (unpaired) electrons. The van der Waals surface area contributed by atoms with E-state index in [1.54, 1.807) is 16.5 Å². The molecule has 146 valence electrons. The van der Waals surface area contributed by atoms with Gasteiger partial charge in [0.2, 0.25) is 5.91 Å². The van der Waals surface area contributed by atoms with Gasteiger partial charge in [-0.05, 0) is 50.5 Å². The molecule has 7 nitrogen and oxygen atoms in total. The largest absolute Gasteiger partial charge is 0.398 e. The van der Waals surface area contributed by atoms with Gasteiger partial charge in [0.15, 0.2) is 0 Å². The van der Waals surface area contributed by atoms with Crippen molar-refractivity contribution in [1.29, 1.82) is 0 Å². The van der Waals surface area contributed by atoms with Crippen LogP contribution in [0.15, 0.2) is 24.3 Å². The summed E-state index contributed by atoms with van der Waals surface area (Å²) in [6.07, 6.45) is 1.72. The number of carbonyl (C=O) groups excluding carboxylic acids is 2. The predicted octanol–water partition coefficient (Wildman–Crippen LogP) is 2.62. The summed E-state index contributed by atoms with van der Waals surface area (Å²) in [5.41, 5.74) is 9.53. The number of anilines is 2. The van der Waals surface area contributed by atoms with E-state index in [1.807, 2.05) is 38.2 Å². The average Bonchev–Trinajstić information content (AvgIpc) is 3.23. The van der Waals surface area contributed by atoms with E-state index in [-0.39, 0.29) is 11.8 Å². The number of benzene rings is 1. The van der Waals surface area contributed by atoms with Crippen molar-refractivity contribution >= 4 is 44.7 Å². The summed E-state index contributed by atoms with van der Waals surface area (Å²) < 4.78 is 1.77. The third-order valence-corrected chi connectivity index (χ3v) is 6.39. The Morgan fingerprint density at radius 2 is 2.14 bits per heavy atom. The van der Waals surface area contributed by atoms with Gasteiger partial charge in [-0.3, -0.25) is 14.3 Å². The second-order valence-corrected chi connectivity index (χ2v) is 8.20. The molecule has 8 heteroatoms. The molecule has 2 aromatic heterocycles. The Morgan fingerprint density at radius 3 is 2.89 bits per heavy atom. The Balaban J connectivity index is 1.52. The first kappa shape index (κ1) is 18.5. The fourth-order valence-electron chi connectivity index (χ4n) is 3.76. The van der Waals surface area contributed by atoms with Crippen LogP contribution in [0.4, 0.5) is 11.4 Å². The van der Waals surface area contributed by atoms with Gasteiger partial charge in [-0.15, -0.1) is 11.3 Å². The van der Waals surface area contributed by atoms with Crippen molar-refractivity contribution < 1.29 is 9.59 Å². The molecular formula is C20H23N5O2S. The van der Waals surface area contributed by atoms with Crippen LogP contribution in [-0.4, -0.2) is 34.2 Å². The molecular weight excluding hydrogens is 374 g/mol. The molecule has 1 aromatic carbocycles. The predicted molar refractivity (Wildman–Crippen MR) is 112 cm³/mol. The summed E-state index contributed by atoms with van der Waals surface area (Å²) >= 11 is 1.38. The molecule has 0 fully saturated rings. The van der Waals surface area contributed by atoms with Crippen molar-refractivity contribution in [3.8, 4) is 0 Å². The van der Waals surface area contributed by atoms with Crippen molar-refractivity contribution in [1.82, 2.24) is 15.1 Å². The zero-order valence-corrected chi connectivity index (χ0v) is 17.0. The number of nitrogens with zero attached hydrogens (tertiary/aromatic N) is 3. The van der Waals surface area contributed by atoms with Gasteiger partial charge >= 0.3 is 0 Å². The highest BCUT2D eigenvalue weighted by molar-refractivity contribution is 7.20. The number of thiophene rings is 1. The van der Waals surface area contributed by atoms with Crippen molar-refractivity contribution in [2.45, 2.75) is 32.7 Å². The quantitative estimate of drug-likeness (QED) is 0.665. The van der Waals surface area contributed by atoms with Crippen LogP contribution in [0.3, 0.4) is 0 Å². The number of nitrogen functional groups attached to an aromatic ring is 1. The van der Waals surface area contributed by atoms with Gasteiger partial charge in [0.25, 0.3) is 5.91 Å². The molecule has 0 aliphatic carbocycles. The van der Waals surface area contributed by atoms with E-state index in [1.165, 1.54) is 11.3 Å². The number of aryl methyl sites for hydroxylation is 2. The average molecular weight is 398 g/mol. The van der Waals surface area contributed by atoms with Crippen molar-refractivity contribution in [2.24, 2.45) is 7.05 Å². The molecule has 2 amide bonds. The standard InChI is InChI=1S/C20H23N5O2S/c1-11-14-10-17(28-20(14)24(3)23-11)18(26)22-12(2)19(27)25-9-5-6-13-15(21)7-4-8-16(13)25/h4,7-8,10,12H,5-6,9,21H2,1-3H3,(H,22,26). The summed E-state index contributed by atoms with van der Waals surface area (Å²) in [6.45, 7) is 4.27. The van der Waals surface area contributed by atoms with Crippen LogP contribution in [0.5, 0.6) is 0 Å². The van der Waals surface area contributed by atoms with E-state index in [4.69, 9.17) is 5.73 Å². The molecule has 1 aliphatic heterocycles. The van der Waals surface area contributed by atoms with Crippen LogP contribution < -0.4 is 16.0 Å². The molecule has 1 atom stereocenters. The number of fused-ring (bicyclic) bond motifs is 2. The maximum Gasteiger partial charge on any atom is 0.262 e. The Labute approximate surface area is 167 Å². The van der Waals surface area contributed by atoms with Gasteiger partial charge in [-0.1, -0.05) is 6.07 Å². The molecule has 0 saturated carbocycles. The minimum absolute atomic E-state index is 0.126. The number of carbonyl (C=O) groups is 2. The van der Waals surface area contributed by atoms with Crippen molar-refractivity contribution in [3.63, 3.8) is 0 Å². The van der Waals surface area contributed by atoms with Crippen LogP contribution >= 0.6 is 11.3 Å². The fraction of sp³-hybridized carbons (Fsp3) is 0.350. The summed E-state index contributed by atoms with van der Waals surface area (Å²) in [5, 5.41) is 8.17. The minimum atomic E-state index is -0.635. The number of rotatable bonds is 3. The first-order valence-electron chi connectivity index (χ1n) is 9.29. The number of aromatic nitrogens is 2. The topological polar surface area (TPSA) is 93.2 Å². The highest BCUT2D eigenvalue weighted by Crippen LogP contribution is 2.32. The highest BCUT2D eigenvalue weighted by Gasteiger charge is 2.28. The normalized spacial score (nSPS) is 14.8. The van der Waals surface area contributed by atoms with E-state index >= 15 is 0 Å². The lowest BCUT2D eigenvalue weighted by Crippen LogP contribution is -2.48. The molecule has 4 rings (SSSR count). The number of nitrogens with one attached hydrogen (secondary N) is 1. The zero-order chi connectivity index (χ0) is 20.0. The molecule has 28 heavy (non-hydrogen) atoms. The maximum absolute atomic E-state index is 13.0. The first-order valence-corrected chi connectivity index (χ1v) is 10.1. The lowest BCUT2D eigenvalue weighted by atomic mass is 9.99. The summed E-state index contributed by atoms with van der Waals surface area (Å²) in [5.74, 6) is -0.370. The molecule has 3 N–H and O–H groups in total. The Kier molecular flexibility index (Phi) is 4.58. The summed E-state index contributed by atoms with van der Waals surface area (Å²) in [7, 11) is 1.86. The van der Waals surface area contributed by atoms with Gasteiger partial charge in [-0.25, -0.2) is 0 Å². The van der Waals surface area contributed by atoms with Crippen molar-refractivity contribution in [3.05, 3.63) is 40.4 Å². The Bertz CT molecular complexity index is 1050. The monoisotopic (exact) mass is 397 g/mol. The van der Waals surface area contributed by atoms with Gasteiger partial charge in [0, 0.05) is 30.4 Å². The number of hydrogen-bond acceptors (Lipinski definition) is 5. The zero-order valence-electron chi connectivity index (χ0n) is 16.2. The molecule has 0 spiro atoms. The van der Waals surface area contributed by atoms with Crippen LogP contribution in [0.2, 0.25) is 0 Å². The van der Waals surface area contributed by atoms with Gasteiger partial charge < -0.3 is 16.0 Å². The summed E-state index contributed by atoms with van der Waals surface area (Å²) in [6, 6.07) is 6.84. The summed E-state index contributed by atoms with van der Waals surface area (Å²) in [4.78, 5) is 29.0. The van der Waals surface area contributed by atoms with E-state index < -0.39 is 6.04 Å². The minimum Gasteiger partial charge on any atom is -0.398 e. The molecule has 0 saturated heterocycles. The molecule has 1 aliphatic rings.